The Hall–Kier alpha value is -1.42. The highest BCUT2D eigenvalue weighted by atomic mass is 35.5. The van der Waals surface area contributed by atoms with Crippen molar-refractivity contribution < 1.29 is 4.79 Å². The van der Waals surface area contributed by atoms with Crippen LogP contribution in [0.15, 0.2) is 52.9 Å². The zero-order valence-electron chi connectivity index (χ0n) is 15.1. The van der Waals surface area contributed by atoms with E-state index in [-0.39, 0.29) is 5.91 Å². The highest BCUT2D eigenvalue weighted by molar-refractivity contribution is 8.02. The highest BCUT2D eigenvalue weighted by Crippen LogP contribution is 2.37. The van der Waals surface area contributed by atoms with Crippen molar-refractivity contribution in [1.82, 2.24) is 0 Å². The average molecular weight is 396 g/mol. The zero-order valence-corrected chi connectivity index (χ0v) is 17.4. The third kappa shape index (κ3) is 5.53. The number of para-hydroxylation sites is 1. The molecule has 0 radical (unpaired) electrons. The van der Waals surface area contributed by atoms with Gasteiger partial charge < -0.3 is 5.32 Å². The van der Waals surface area contributed by atoms with Gasteiger partial charge in [0.2, 0.25) is 0 Å². The molecule has 0 heterocycles. The van der Waals surface area contributed by atoms with Gasteiger partial charge in [-0.1, -0.05) is 67.4 Å². The fourth-order valence-corrected chi connectivity index (χ4v) is 2.87. The van der Waals surface area contributed by atoms with E-state index < -0.39 is 0 Å². The van der Waals surface area contributed by atoms with E-state index in [0.29, 0.717) is 21.3 Å². The molecule has 0 unspecified atom stereocenters. The van der Waals surface area contributed by atoms with Crippen LogP contribution in [0.4, 0.5) is 5.69 Å². The number of carbonyl (C=O) groups is 1. The van der Waals surface area contributed by atoms with Crippen LogP contribution in [0.25, 0.3) is 11.1 Å². The van der Waals surface area contributed by atoms with E-state index in [1.807, 2.05) is 70.3 Å². The third-order valence-electron chi connectivity index (χ3n) is 3.59. The van der Waals surface area contributed by atoms with Crippen LogP contribution in [0.2, 0.25) is 10.0 Å². The fraction of sp³-hybridized carbons (Fsp3) is 0.250. The van der Waals surface area contributed by atoms with Gasteiger partial charge in [-0.05, 0) is 37.1 Å². The van der Waals surface area contributed by atoms with Crippen molar-refractivity contribution in [2.24, 2.45) is 0 Å². The second kappa shape index (κ2) is 10.5. The number of benzene rings is 2. The van der Waals surface area contributed by atoms with Crippen LogP contribution in [-0.4, -0.2) is 12.2 Å². The smallest absolute Gasteiger partial charge is 0.252 e. The maximum atomic E-state index is 12.4. The predicted molar refractivity (Wildman–Crippen MR) is 114 cm³/mol. The van der Waals surface area contributed by atoms with Gasteiger partial charge in [-0.15, -0.1) is 11.8 Å². The molecule has 2 nitrogen and oxygen atoms in total. The maximum Gasteiger partial charge on any atom is 0.252 e. The number of thioether (sulfide) groups is 1. The van der Waals surface area contributed by atoms with Crippen molar-refractivity contribution in [3.05, 3.63) is 63.0 Å². The number of anilines is 1. The zero-order chi connectivity index (χ0) is 19.0. The molecule has 0 spiro atoms. The molecule has 2 rings (SSSR count). The molecule has 2 aromatic rings. The largest absolute Gasteiger partial charge is 0.322 e. The first kappa shape index (κ1) is 21.6. The van der Waals surface area contributed by atoms with Gasteiger partial charge in [0.05, 0.1) is 10.0 Å². The number of hydrogen-bond donors (Lipinski definition) is 1. The van der Waals surface area contributed by atoms with Gasteiger partial charge in [-0.3, -0.25) is 4.79 Å². The molecule has 0 aliphatic rings. The van der Waals surface area contributed by atoms with Crippen LogP contribution in [-0.2, 0) is 4.79 Å². The summed E-state index contributed by atoms with van der Waals surface area (Å²) < 4.78 is 0. The van der Waals surface area contributed by atoms with Gasteiger partial charge in [0, 0.05) is 22.4 Å². The van der Waals surface area contributed by atoms with E-state index in [1.54, 1.807) is 17.8 Å². The van der Waals surface area contributed by atoms with Crippen LogP contribution in [0.1, 0.15) is 27.7 Å². The summed E-state index contributed by atoms with van der Waals surface area (Å²) >= 11 is 14.0. The molecule has 1 amide bonds. The lowest BCUT2D eigenvalue weighted by molar-refractivity contribution is -0.112. The number of allylic oxidation sites excluding steroid dienone is 1. The Morgan fingerprint density at radius 1 is 0.960 bits per heavy atom. The molecule has 0 saturated heterocycles. The average Bonchev–Trinajstić information content (AvgIpc) is 2.65. The monoisotopic (exact) mass is 395 g/mol. The van der Waals surface area contributed by atoms with Gasteiger partial charge in [0.1, 0.15) is 0 Å². The minimum Gasteiger partial charge on any atom is -0.322 e. The lowest BCUT2D eigenvalue weighted by Crippen LogP contribution is -2.14. The SMILES string of the molecule is CC.CS/C(C)=C(\C)C(=O)Nc1ccccc1-c1cccc(Cl)c1Cl. The number of carbonyl (C=O) groups excluding carboxylic acids is 1. The minimum atomic E-state index is -0.123. The van der Waals surface area contributed by atoms with Crippen molar-refractivity contribution >= 4 is 46.6 Å². The Morgan fingerprint density at radius 2 is 1.56 bits per heavy atom. The summed E-state index contributed by atoms with van der Waals surface area (Å²) in [6, 6.07) is 13.0. The lowest BCUT2D eigenvalue weighted by atomic mass is 10.0. The first-order valence-electron chi connectivity index (χ1n) is 8.02. The highest BCUT2D eigenvalue weighted by Gasteiger charge is 2.14. The number of halogens is 2. The Morgan fingerprint density at radius 3 is 2.20 bits per heavy atom. The molecule has 1 N–H and O–H groups in total. The molecule has 0 fully saturated rings. The second-order valence-corrected chi connectivity index (χ2v) is 6.79. The van der Waals surface area contributed by atoms with Gasteiger partial charge in [0.15, 0.2) is 0 Å². The van der Waals surface area contributed by atoms with Crippen LogP contribution in [0.5, 0.6) is 0 Å². The van der Waals surface area contributed by atoms with Gasteiger partial charge >= 0.3 is 0 Å². The van der Waals surface area contributed by atoms with Crippen molar-refractivity contribution in [3.8, 4) is 11.1 Å². The molecule has 0 aliphatic heterocycles. The van der Waals surface area contributed by atoms with Gasteiger partial charge in [-0.25, -0.2) is 0 Å². The number of amides is 1. The Bertz CT molecular complexity index is 772. The third-order valence-corrected chi connectivity index (χ3v) is 5.33. The predicted octanol–water partition coefficient (Wildman–Crippen LogP) is 7.28. The fourth-order valence-electron chi connectivity index (χ4n) is 2.07. The van der Waals surface area contributed by atoms with Crippen molar-refractivity contribution in [2.75, 3.05) is 11.6 Å². The molecule has 0 saturated carbocycles. The Labute approximate surface area is 164 Å². The molecule has 0 aromatic heterocycles. The summed E-state index contributed by atoms with van der Waals surface area (Å²) in [6.07, 6.45) is 1.95. The Balaban J connectivity index is 0.00000151. The summed E-state index contributed by atoms with van der Waals surface area (Å²) in [5.41, 5.74) is 3.03. The summed E-state index contributed by atoms with van der Waals surface area (Å²) in [6.45, 7) is 7.75. The molecule has 5 heteroatoms. The molecule has 25 heavy (non-hydrogen) atoms. The normalized spacial score (nSPS) is 11.2. The summed E-state index contributed by atoms with van der Waals surface area (Å²) in [7, 11) is 0. The molecule has 134 valence electrons. The molecule has 2 aromatic carbocycles. The van der Waals surface area contributed by atoms with Crippen LogP contribution < -0.4 is 5.32 Å². The van der Waals surface area contributed by atoms with Crippen LogP contribution >= 0.6 is 35.0 Å². The molecule has 0 atom stereocenters. The van der Waals surface area contributed by atoms with E-state index >= 15 is 0 Å². The van der Waals surface area contributed by atoms with Crippen LogP contribution in [0.3, 0.4) is 0 Å². The van der Waals surface area contributed by atoms with Gasteiger partial charge in [0.25, 0.3) is 5.91 Å². The topological polar surface area (TPSA) is 29.1 Å². The summed E-state index contributed by atoms with van der Waals surface area (Å²) in [5.74, 6) is -0.123. The van der Waals surface area contributed by atoms with Crippen molar-refractivity contribution in [3.63, 3.8) is 0 Å². The summed E-state index contributed by atoms with van der Waals surface area (Å²) in [5, 5.41) is 3.92. The van der Waals surface area contributed by atoms with E-state index in [2.05, 4.69) is 5.32 Å². The maximum absolute atomic E-state index is 12.4. The number of rotatable bonds is 4. The minimum absolute atomic E-state index is 0.123. The van der Waals surface area contributed by atoms with Crippen molar-refractivity contribution in [2.45, 2.75) is 27.7 Å². The number of nitrogens with one attached hydrogen (secondary N) is 1. The first-order chi connectivity index (χ1) is 12.0. The second-order valence-electron chi connectivity index (χ2n) is 4.99. The summed E-state index contributed by atoms with van der Waals surface area (Å²) in [4.78, 5) is 13.4. The molecular weight excluding hydrogens is 373 g/mol. The molecule has 0 aliphatic carbocycles. The quantitative estimate of drug-likeness (QED) is 0.550. The first-order valence-corrected chi connectivity index (χ1v) is 10.00. The Kier molecular flexibility index (Phi) is 9.12. The number of hydrogen-bond acceptors (Lipinski definition) is 2. The van der Waals surface area contributed by atoms with E-state index in [4.69, 9.17) is 23.2 Å². The van der Waals surface area contributed by atoms with Gasteiger partial charge in [-0.2, -0.15) is 0 Å². The van der Waals surface area contributed by atoms with E-state index in [0.717, 1.165) is 16.0 Å². The van der Waals surface area contributed by atoms with E-state index in [9.17, 15) is 4.79 Å². The van der Waals surface area contributed by atoms with Crippen LogP contribution in [0, 0.1) is 0 Å². The lowest BCUT2D eigenvalue weighted by Gasteiger charge is -2.14. The molecule has 0 bridgehead atoms. The molecular formula is C20H23Cl2NOS. The standard InChI is InChI=1S/C18H17Cl2NOS.C2H6/c1-11(12(2)23-3)18(22)21-16-10-5-4-7-13(16)14-8-6-9-15(19)17(14)20;1-2/h4-10H,1-3H3,(H,21,22);1-2H3/b12-11+;. The van der Waals surface area contributed by atoms with Crippen molar-refractivity contribution in [1.29, 1.82) is 0 Å². The van der Waals surface area contributed by atoms with E-state index in [1.165, 1.54) is 0 Å².